The van der Waals surface area contributed by atoms with Crippen LogP contribution in [0.2, 0.25) is 0 Å². The van der Waals surface area contributed by atoms with Gasteiger partial charge in [0.05, 0.1) is 6.61 Å². The molecule has 1 aromatic carbocycles. The van der Waals surface area contributed by atoms with E-state index in [1.54, 1.807) is 0 Å². The lowest BCUT2D eigenvalue weighted by Crippen LogP contribution is -1.91. The lowest BCUT2D eigenvalue weighted by molar-refractivity contribution is 0.364. The molecule has 1 aromatic heterocycles. The van der Waals surface area contributed by atoms with Crippen molar-refractivity contribution < 1.29 is 4.18 Å². The van der Waals surface area contributed by atoms with Crippen molar-refractivity contribution in [3.8, 4) is 0 Å². The van der Waals surface area contributed by atoms with Crippen LogP contribution in [0.15, 0.2) is 47.5 Å². The van der Waals surface area contributed by atoms with Crippen LogP contribution in [0.25, 0.3) is 0 Å². The first-order valence-corrected chi connectivity index (χ1v) is 6.57. The van der Waals surface area contributed by atoms with Gasteiger partial charge in [-0.15, -0.1) is 0 Å². The number of nitrogens with one attached hydrogen (secondary N) is 1. The number of hydrogen-bond acceptors (Lipinski definition) is 2. The highest BCUT2D eigenvalue weighted by molar-refractivity contribution is 7.94. The van der Waals surface area contributed by atoms with E-state index in [1.807, 2.05) is 12.3 Å². The second kappa shape index (κ2) is 6.52. The highest BCUT2D eigenvalue weighted by atomic mass is 32.2. The van der Waals surface area contributed by atoms with E-state index in [-0.39, 0.29) is 0 Å². The molecule has 90 valence electrons. The largest absolute Gasteiger partial charge is 0.365 e. The van der Waals surface area contributed by atoms with Gasteiger partial charge in [-0.05, 0) is 44.0 Å². The fourth-order valence-corrected chi connectivity index (χ4v) is 2.13. The minimum atomic E-state index is 0.775. The van der Waals surface area contributed by atoms with Gasteiger partial charge in [0.15, 0.2) is 0 Å². The van der Waals surface area contributed by atoms with Gasteiger partial charge >= 0.3 is 0 Å². The summed E-state index contributed by atoms with van der Waals surface area (Å²) in [6.07, 6.45) is 4.04. The highest BCUT2D eigenvalue weighted by Gasteiger charge is 1.96. The van der Waals surface area contributed by atoms with Crippen molar-refractivity contribution in [3.63, 3.8) is 0 Å². The Morgan fingerprint density at radius 3 is 2.71 bits per heavy atom. The third kappa shape index (κ3) is 4.29. The van der Waals surface area contributed by atoms with Crippen LogP contribution in [0, 0.1) is 6.92 Å². The normalized spacial score (nSPS) is 10.6. The van der Waals surface area contributed by atoms with Crippen LogP contribution < -0.4 is 0 Å². The van der Waals surface area contributed by atoms with Crippen molar-refractivity contribution in [2.24, 2.45) is 0 Å². The monoisotopic (exact) mass is 247 g/mol. The molecule has 0 atom stereocenters. The zero-order valence-electron chi connectivity index (χ0n) is 9.98. The maximum Gasteiger partial charge on any atom is 0.0622 e. The predicted octanol–water partition coefficient (Wildman–Crippen LogP) is 3.98. The lowest BCUT2D eigenvalue weighted by atomic mass is 10.2. The molecule has 0 aliphatic heterocycles. The quantitative estimate of drug-likeness (QED) is 0.617. The van der Waals surface area contributed by atoms with E-state index >= 15 is 0 Å². The summed E-state index contributed by atoms with van der Waals surface area (Å²) in [5.41, 5.74) is 2.55. The number of benzene rings is 1. The Labute approximate surface area is 107 Å². The van der Waals surface area contributed by atoms with Crippen LogP contribution in [0.4, 0.5) is 0 Å². The van der Waals surface area contributed by atoms with Crippen molar-refractivity contribution in [2.45, 2.75) is 24.7 Å². The molecular formula is C14H17NOS. The SMILES string of the molecule is Cc1ccc(SOCCCc2ccc[nH]2)cc1. The number of H-pyrrole nitrogens is 1. The molecule has 2 rings (SSSR count). The average molecular weight is 247 g/mol. The second-order valence-corrected chi connectivity index (χ2v) is 4.89. The maximum absolute atomic E-state index is 5.56. The molecule has 0 fully saturated rings. The Balaban J connectivity index is 1.61. The van der Waals surface area contributed by atoms with Crippen molar-refractivity contribution in [2.75, 3.05) is 6.61 Å². The molecule has 0 spiro atoms. The first kappa shape index (κ1) is 12.3. The van der Waals surface area contributed by atoms with Gasteiger partial charge in [0.1, 0.15) is 0 Å². The summed E-state index contributed by atoms with van der Waals surface area (Å²) >= 11 is 1.46. The molecule has 0 amide bonds. The van der Waals surface area contributed by atoms with Crippen LogP contribution in [-0.2, 0) is 10.6 Å². The predicted molar refractivity (Wildman–Crippen MR) is 72.1 cm³/mol. The third-order valence-corrected chi connectivity index (χ3v) is 3.26. The first-order chi connectivity index (χ1) is 8.34. The van der Waals surface area contributed by atoms with E-state index < -0.39 is 0 Å². The van der Waals surface area contributed by atoms with Crippen molar-refractivity contribution >= 4 is 12.0 Å². The standard InChI is InChI=1S/C14H17NOS/c1-12-6-8-14(9-7-12)17-16-11-3-5-13-4-2-10-15-13/h2,4,6-10,15H,3,5,11H2,1H3. The number of aromatic nitrogens is 1. The van der Waals surface area contributed by atoms with E-state index in [0.717, 1.165) is 24.3 Å². The topological polar surface area (TPSA) is 25.0 Å². The molecule has 2 aromatic rings. The summed E-state index contributed by atoms with van der Waals surface area (Å²) in [7, 11) is 0. The third-order valence-electron chi connectivity index (χ3n) is 2.51. The van der Waals surface area contributed by atoms with Crippen molar-refractivity contribution in [3.05, 3.63) is 53.9 Å². The molecule has 0 saturated carbocycles. The molecule has 0 unspecified atom stereocenters. The van der Waals surface area contributed by atoms with Crippen molar-refractivity contribution in [1.82, 2.24) is 4.98 Å². The Morgan fingerprint density at radius 2 is 2.00 bits per heavy atom. The molecule has 3 heteroatoms. The first-order valence-electron chi connectivity index (χ1n) is 5.83. The molecule has 0 aliphatic rings. The average Bonchev–Trinajstić information content (AvgIpc) is 2.84. The molecule has 0 saturated heterocycles. The summed E-state index contributed by atoms with van der Waals surface area (Å²) in [4.78, 5) is 4.35. The smallest absolute Gasteiger partial charge is 0.0622 e. The van der Waals surface area contributed by atoms with Gasteiger partial charge in [0.2, 0.25) is 0 Å². The Bertz CT molecular complexity index is 422. The molecule has 2 nitrogen and oxygen atoms in total. The zero-order valence-corrected chi connectivity index (χ0v) is 10.8. The zero-order chi connectivity index (χ0) is 11.9. The Hall–Kier alpha value is -1.19. The summed E-state index contributed by atoms with van der Waals surface area (Å²) in [6, 6.07) is 12.5. The molecular weight excluding hydrogens is 230 g/mol. The van der Waals surface area contributed by atoms with Gasteiger partial charge in [-0.1, -0.05) is 17.7 Å². The van der Waals surface area contributed by atoms with Crippen LogP contribution in [-0.4, -0.2) is 11.6 Å². The van der Waals surface area contributed by atoms with Gasteiger partial charge in [-0.25, -0.2) is 0 Å². The molecule has 0 bridgehead atoms. The van der Waals surface area contributed by atoms with Gasteiger partial charge < -0.3 is 9.17 Å². The molecule has 1 N–H and O–H groups in total. The van der Waals surface area contributed by atoms with E-state index in [1.165, 1.54) is 23.3 Å². The number of aromatic amines is 1. The number of hydrogen-bond donors (Lipinski definition) is 1. The molecule has 0 radical (unpaired) electrons. The van der Waals surface area contributed by atoms with E-state index in [0.29, 0.717) is 0 Å². The molecule has 0 aliphatic carbocycles. The van der Waals surface area contributed by atoms with E-state index in [2.05, 4.69) is 42.2 Å². The van der Waals surface area contributed by atoms with Crippen LogP contribution in [0.1, 0.15) is 17.7 Å². The van der Waals surface area contributed by atoms with E-state index in [4.69, 9.17) is 4.18 Å². The van der Waals surface area contributed by atoms with Crippen LogP contribution in [0.3, 0.4) is 0 Å². The molecule has 17 heavy (non-hydrogen) atoms. The minimum absolute atomic E-state index is 0.775. The summed E-state index contributed by atoms with van der Waals surface area (Å²) in [5, 5.41) is 0. The Kier molecular flexibility index (Phi) is 4.71. The fraction of sp³-hybridized carbons (Fsp3) is 0.286. The van der Waals surface area contributed by atoms with Crippen molar-refractivity contribution in [1.29, 1.82) is 0 Å². The minimum Gasteiger partial charge on any atom is -0.365 e. The highest BCUT2D eigenvalue weighted by Crippen LogP contribution is 2.19. The fourth-order valence-electron chi connectivity index (χ4n) is 1.55. The Morgan fingerprint density at radius 1 is 1.18 bits per heavy atom. The number of aryl methyl sites for hydroxylation is 2. The maximum atomic E-state index is 5.56. The summed E-state index contributed by atoms with van der Waals surface area (Å²) in [5.74, 6) is 0. The lowest BCUT2D eigenvalue weighted by Gasteiger charge is -2.02. The van der Waals surface area contributed by atoms with Gasteiger partial charge in [-0.3, -0.25) is 0 Å². The molecule has 1 heterocycles. The van der Waals surface area contributed by atoms with E-state index in [9.17, 15) is 0 Å². The van der Waals surface area contributed by atoms with Crippen LogP contribution in [0.5, 0.6) is 0 Å². The second-order valence-electron chi connectivity index (χ2n) is 4.02. The van der Waals surface area contributed by atoms with Gasteiger partial charge in [0, 0.05) is 28.8 Å². The summed E-state index contributed by atoms with van der Waals surface area (Å²) in [6.45, 7) is 2.86. The van der Waals surface area contributed by atoms with Gasteiger partial charge in [-0.2, -0.15) is 0 Å². The number of rotatable bonds is 6. The van der Waals surface area contributed by atoms with Crippen LogP contribution >= 0.6 is 12.0 Å². The summed E-state index contributed by atoms with van der Waals surface area (Å²) < 4.78 is 5.56. The van der Waals surface area contributed by atoms with Gasteiger partial charge in [0.25, 0.3) is 0 Å².